The Balaban J connectivity index is 3.14. The monoisotopic (exact) mass is 409 g/mol. The summed E-state index contributed by atoms with van der Waals surface area (Å²) >= 11 is 0. The minimum atomic E-state index is -2.30. The van der Waals surface area contributed by atoms with Crippen molar-refractivity contribution in [3.8, 4) is 0 Å². The van der Waals surface area contributed by atoms with Gasteiger partial charge in [-0.05, 0) is 54.5 Å². The van der Waals surface area contributed by atoms with E-state index in [0.717, 1.165) is 0 Å². The third-order valence-corrected chi connectivity index (χ3v) is 14.4. The third-order valence-electron chi connectivity index (χ3n) is 5.82. The average molecular weight is 410 g/mol. The Bertz CT molecular complexity index is 728. The summed E-state index contributed by atoms with van der Waals surface area (Å²) in [7, 11) is -4.56. The molecule has 1 aromatic carbocycles. The summed E-state index contributed by atoms with van der Waals surface area (Å²) in [6.07, 6.45) is 0. The quantitative estimate of drug-likeness (QED) is 0.518. The minimum Gasteiger partial charge on any atom is -0.516 e. The van der Waals surface area contributed by atoms with Crippen LogP contribution in [0.5, 0.6) is 0 Å². The first-order valence-corrected chi connectivity index (χ1v) is 15.1. The maximum atomic E-state index is 12.7. The summed E-state index contributed by atoms with van der Waals surface area (Å²) in [5.41, 5.74) is 6.81. The summed E-state index contributed by atoms with van der Waals surface area (Å²) in [5, 5.41) is -0.211. The summed E-state index contributed by atoms with van der Waals surface area (Å²) in [6.45, 7) is 20.4. The fourth-order valence-corrected chi connectivity index (χ4v) is 3.51. The molecule has 0 aliphatic heterocycles. The number of anilines is 1. The molecule has 0 heterocycles. The summed E-state index contributed by atoms with van der Waals surface area (Å²) in [5.74, 6) is -0.913. The molecule has 152 valence electrons. The van der Waals surface area contributed by atoms with Crippen LogP contribution in [0.25, 0.3) is 0 Å². The topological polar surface area (TPSA) is 78.6 Å². The van der Waals surface area contributed by atoms with Crippen molar-refractivity contribution >= 4 is 34.3 Å². The normalized spacial score (nSPS) is 13.3. The predicted octanol–water partition coefficient (Wildman–Crippen LogP) is 5.59. The minimum absolute atomic E-state index is 0.0967. The highest BCUT2D eigenvalue weighted by atomic mass is 28.4. The van der Waals surface area contributed by atoms with Crippen LogP contribution in [-0.4, -0.2) is 28.6 Å². The van der Waals surface area contributed by atoms with Gasteiger partial charge >= 0.3 is 11.9 Å². The van der Waals surface area contributed by atoms with Crippen LogP contribution in [0.1, 0.15) is 62.3 Å². The van der Waals surface area contributed by atoms with E-state index >= 15 is 0 Å². The molecule has 0 saturated heterocycles. The Labute approximate surface area is 165 Å². The second-order valence-electron chi connectivity index (χ2n) is 10.1. The largest absolute Gasteiger partial charge is 0.516 e. The molecular weight excluding hydrogens is 374 g/mol. The molecule has 1 rings (SSSR count). The Morgan fingerprint density at radius 2 is 1.22 bits per heavy atom. The highest BCUT2D eigenvalue weighted by molar-refractivity contribution is 6.76. The van der Waals surface area contributed by atoms with Crippen molar-refractivity contribution in [1.29, 1.82) is 0 Å². The molecule has 0 radical (unpaired) electrons. The molecule has 5 nitrogen and oxygen atoms in total. The van der Waals surface area contributed by atoms with Gasteiger partial charge in [0.1, 0.15) is 0 Å². The van der Waals surface area contributed by atoms with E-state index in [1.165, 1.54) is 6.07 Å². The van der Waals surface area contributed by atoms with Gasteiger partial charge < -0.3 is 14.6 Å². The maximum absolute atomic E-state index is 12.7. The third kappa shape index (κ3) is 5.45. The van der Waals surface area contributed by atoms with Crippen LogP contribution in [0.3, 0.4) is 0 Å². The zero-order chi connectivity index (χ0) is 21.4. The highest BCUT2D eigenvalue weighted by Crippen LogP contribution is 2.38. The molecule has 0 amide bonds. The number of hydrogen-bond donors (Lipinski definition) is 1. The second kappa shape index (κ2) is 7.43. The van der Waals surface area contributed by atoms with Crippen LogP contribution in [0.15, 0.2) is 18.2 Å². The van der Waals surface area contributed by atoms with E-state index in [9.17, 15) is 9.59 Å². The van der Waals surface area contributed by atoms with Gasteiger partial charge in [-0.25, -0.2) is 9.59 Å². The highest BCUT2D eigenvalue weighted by Gasteiger charge is 2.42. The average Bonchev–Trinajstić information content (AvgIpc) is 2.43. The molecule has 0 unspecified atom stereocenters. The van der Waals surface area contributed by atoms with Crippen molar-refractivity contribution in [1.82, 2.24) is 0 Å². The number of carbonyl (C=O) groups excluding carboxylic acids is 2. The van der Waals surface area contributed by atoms with Gasteiger partial charge in [0.2, 0.25) is 0 Å². The van der Waals surface area contributed by atoms with Gasteiger partial charge in [-0.1, -0.05) is 41.5 Å². The fraction of sp³-hybridized carbons (Fsp3) is 0.600. The van der Waals surface area contributed by atoms with Crippen molar-refractivity contribution < 1.29 is 18.4 Å². The number of rotatable bonds is 4. The summed E-state index contributed by atoms with van der Waals surface area (Å²) < 4.78 is 11.7. The second-order valence-corrected chi connectivity index (χ2v) is 19.6. The smallest absolute Gasteiger partial charge is 0.326 e. The maximum Gasteiger partial charge on any atom is 0.326 e. The first-order chi connectivity index (χ1) is 11.9. The molecule has 0 saturated carbocycles. The molecule has 2 N–H and O–H groups in total. The van der Waals surface area contributed by atoms with Crippen LogP contribution >= 0.6 is 0 Å². The van der Waals surface area contributed by atoms with Crippen LogP contribution in [0, 0.1) is 0 Å². The molecule has 0 atom stereocenters. The SMILES string of the molecule is CC(C)(C)[Si](C)(C)OC(=O)c1ccc(N)c(C(=O)O[Si](C)(C)C(C)(C)C)c1. The fourth-order valence-electron chi connectivity index (χ4n) is 1.74. The zero-order valence-corrected chi connectivity index (χ0v) is 20.4. The van der Waals surface area contributed by atoms with E-state index in [2.05, 4.69) is 41.5 Å². The Morgan fingerprint density at radius 3 is 1.63 bits per heavy atom. The molecule has 0 bridgehead atoms. The summed E-state index contributed by atoms with van der Waals surface area (Å²) in [6, 6.07) is 4.64. The Hall–Kier alpha value is -1.61. The van der Waals surface area contributed by atoms with Gasteiger partial charge in [-0.15, -0.1) is 0 Å². The molecule has 0 fully saturated rings. The van der Waals surface area contributed by atoms with Crippen molar-refractivity contribution in [2.45, 2.75) is 77.8 Å². The lowest BCUT2D eigenvalue weighted by atomic mass is 10.1. The number of hydrogen-bond acceptors (Lipinski definition) is 5. The van der Waals surface area contributed by atoms with E-state index in [1.807, 2.05) is 26.2 Å². The lowest BCUT2D eigenvalue weighted by Gasteiger charge is -2.36. The number of nitrogens with two attached hydrogens (primary N) is 1. The lowest BCUT2D eigenvalue weighted by Crippen LogP contribution is -2.43. The van der Waals surface area contributed by atoms with Gasteiger partial charge in [-0.3, -0.25) is 0 Å². The van der Waals surface area contributed by atoms with E-state index < -0.39 is 28.6 Å². The Kier molecular flexibility index (Phi) is 6.45. The van der Waals surface area contributed by atoms with Crippen LogP contribution in [0.2, 0.25) is 36.3 Å². The molecule has 0 spiro atoms. The molecule has 0 aliphatic carbocycles. The van der Waals surface area contributed by atoms with E-state index in [0.29, 0.717) is 11.3 Å². The van der Waals surface area contributed by atoms with Crippen molar-refractivity contribution in [3.05, 3.63) is 29.3 Å². The van der Waals surface area contributed by atoms with Gasteiger partial charge in [-0.2, -0.15) is 0 Å². The molecule has 0 aliphatic rings. The number of carbonyl (C=O) groups is 2. The number of nitrogen functional groups attached to an aromatic ring is 1. The molecule has 0 aromatic heterocycles. The Morgan fingerprint density at radius 1 is 0.815 bits per heavy atom. The van der Waals surface area contributed by atoms with Crippen LogP contribution in [0.4, 0.5) is 5.69 Å². The van der Waals surface area contributed by atoms with Crippen LogP contribution in [-0.2, 0) is 8.85 Å². The molecule has 27 heavy (non-hydrogen) atoms. The number of benzene rings is 1. The molecule has 1 aromatic rings. The predicted molar refractivity (Wildman–Crippen MR) is 116 cm³/mol. The van der Waals surface area contributed by atoms with E-state index in [1.54, 1.807) is 12.1 Å². The molecular formula is C20H35NO4Si2. The van der Waals surface area contributed by atoms with Gasteiger partial charge in [0.05, 0.1) is 11.1 Å². The van der Waals surface area contributed by atoms with Gasteiger partial charge in [0.25, 0.3) is 16.6 Å². The molecule has 7 heteroatoms. The lowest BCUT2D eigenvalue weighted by molar-refractivity contribution is 0.0712. The van der Waals surface area contributed by atoms with Crippen LogP contribution < -0.4 is 5.73 Å². The standard InChI is InChI=1S/C20H35NO4Si2/c1-19(2,3)26(7,8)24-17(22)14-11-12-16(21)15(13-14)18(23)25-27(9,10)20(4,5)6/h11-13H,21H2,1-10H3. The van der Waals surface area contributed by atoms with Gasteiger partial charge in [0.15, 0.2) is 0 Å². The first-order valence-electron chi connectivity index (χ1n) is 9.25. The van der Waals surface area contributed by atoms with Crippen molar-refractivity contribution in [2.24, 2.45) is 0 Å². The van der Waals surface area contributed by atoms with Crippen molar-refractivity contribution in [3.63, 3.8) is 0 Å². The van der Waals surface area contributed by atoms with Crippen molar-refractivity contribution in [2.75, 3.05) is 5.73 Å². The zero-order valence-electron chi connectivity index (χ0n) is 18.4. The van der Waals surface area contributed by atoms with Gasteiger partial charge in [0, 0.05) is 5.69 Å². The summed E-state index contributed by atoms with van der Waals surface area (Å²) in [4.78, 5) is 25.4. The van der Waals surface area contributed by atoms with E-state index in [-0.39, 0.29) is 15.6 Å². The van der Waals surface area contributed by atoms with E-state index in [4.69, 9.17) is 14.6 Å². The first kappa shape index (κ1) is 23.4.